The number of para-hydroxylation sites is 1. The lowest BCUT2D eigenvalue weighted by Gasteiger charge is -2.03. The van der Waals surface area contributed by atoms with E-state index in [2.05, 4.69) is 22.4 Å². The van der Waals surface area contributed by atoms with Crippen molar-refractivity contribution in [3.8, 4) is 0 Å². The van der Waals surface area contributed by atoms with Gasteiger partial charge in [-0.25, -0.2) is 0 Å². The molecule has 3 heteroatoms. The summed E-state index contributed by atoms with van der Waals surface area (Å²) in [4.78, 5) is 5.35. The molecule has 0 atom stereocenters. The Hall–Kier alpha value is -1.48. The maximum absolute atomic E-state index is 5.11. The lowest BCUT2D eigenvalue weighted by molar-refractivity contribution is 1.10. The first kappa shape index (κ1) is 10.1. The standard InChI is InChI=1S/C12H12N2S/c1-13-12(15)8-10-7-6-9-4-2-3-5-11(9)14-10/h2-7H,8H2,1H3,(H,13,15). The molecule has 0 fully saturated rings. The Morgan fingerprint density at radius 1 is 1.27 bits per heavy atom. The molecule has 0 aliphatic carbocycles. The molecule has 0 spiro atoms. The van der Waals surface area contributed by atoms with Gasteiger partial charge in [-0.05, 0) is 12.1 Å². The lowest BCUT2D eigenvalue weighted by Crippen LogP contribution is -2.18. The molecule has 2 rings (SSSR count). The number of thiocarbonyl (C=S) groups is 1. The van der Waals surface area contributed by atoms with Crippen molar-refractivity contribution < 1.29 is 0 Å². The van der Waals surface area contributed by atoms with E-state index in [1.54, 1.807) is 0 Å². The molecule has 1 aromatic heterocycles. The summed E-state index contributed by atoms with van der Waals surface area (Å²) in [7, 11) is 1.84. The zero-order valence-electron chi connectivity index (χ0n) is 8.53. The number of hydrogen-bond donors (Lipinski definition) is 1. The van der Waals surface area contributed by atoms with E-state index < -0.39 is 0 Å². The minimum Gasteiger partial charge on any atom is -0.382 e. The Labute approximate surface area is 94.3 Å². The van der Waals surface area contributed by atoms with Gasteiger partial charge in [-0.1, -0.05) is 36.5 Å². The van der Waals surface area contributed by atoms with Crippen LogP contribution in [0.1, 0.15) is 5.69 Å². The van der Waals surface area contributed by atoms with Crippen molar-refractivity contribution in [1.82, 2.24) is 10.3 Å². The summed E-state index contributed by atoms with van der Waals surface area (Å²) in [6, 6.07) is 12.2. The van der Waals surface area contributed by atoms with Gasteiger partial charge in [0.05, 0.1) is 10.5 Å². The van der Waals surface area contributed by atoms with Crippen molar-refractivity contribution in [1.29, 1.82) is 0 Å². The van der Waals surface area contributed by atoms with Crippen LogP contribution in [0.15, 0.2) is 36.4 Å². The monoisotopic (exact) mass is 216 g/mol. The fourth-order valence-corrected chi connectivity index (χ4v) is 1.61. The molecular weight excluding hydrogens is 204 g/mol. The number of hydrogen-bond acceptors (Lipinski definition) is 2. The summed E-state index contributed by atoms with van der Waals surface area (Å²) >= 11 is 5.11. The summed E-state index contributed by atoms with van der Waals surface area (Å²) in [6.45, 7) is 0. The van der Waals surface area contributed by atoms with Crippen LogP contribution in [0, 0.1) is 0 Å². The molecule has 0 aliphatic heterocycles. The van der Waals surface area contributed by atoms with E-state index in [0.29, 0.717) is 6.42 Å². The molecule has 0 bridgehead atoms. The summed E-state index contributed by atoms with van der Waals surface area (Å²) in [5, 5.41) is 4.12. The van der Waals surface area contributed by atoms with Crippen LogP contribution >= 0.6 is 12.2 Å². The zero-order chi connectivity index (χ0) is 10.7. The third-order valence-corrected chi connectivity index (χ3v) is 2.63. The first-order valence-electron chi connectivity index (χ1n) is 4.85. The van der Waals surface area contributed by atoms with Crippen LogP contribution < -0.4 is 5.32 Å². The highest BCUT2D eigenvalue weighted by Crippen LogP contribution is 2.11. The van der Waals surface area contributed by atoms with Gasteiger partial charge in [-0.2, -0.15) is 0 Å². The average molecular weight is 216 g/mol. The number of likely N-dealkylation sites (N-methyl/N-ethyl adjacent to an activating group) is 1. The second-order valence-corrected chi connectivity index (χ2v) is 3.84. The number of rotatable bonds is 2. The number of benzene rings is 1. The Morgan fingerprint density at radius 3 is 2.87 bits per heavy atom. The van der Waals surface area contributed by atoms with E-state index in [1.165, 1.54) is 0 Å². The molecular formula is C12H12N2S. The molecule has 1 aromatic carbocycles. The first-order valence-corrected chi connectivity index (χ1v) is 5.25. The highest BCUT2D eigenvalue weighted by Gasteiger charge is 2.00. The molecule has 15 heavy (non-hydrogen) atoms. The van der Waals surface area contributed by atoms with E-state index in [0.717, 1.165) is 21.6 Å². The van der Waals surface area contributed by atoms with E-state index in [4.69, 9.17) is 12.2 Å². The summed E-state index contributed by atoms with van der Waals surface area (Å²) in [6.07, 6.45) is 0.705. The second kappa shape index (κ2) is 4.36. The van der Waals surface area contributed by atoms with Crippen LogP contribution in [0.5, 0.6) is 0 Å². The Bertz CT molecular complexity index is 494. The summed E-state index contributed by atoms with van der Waals surface area (Å²) in [5.41, 5.74) is 2.03. The molecule has 2 nitrogen and oxygen atoms in total. The van der Waals surface area contributed by atoms with Gasteiger partial charge in [0.25, 0.3) is 0 Å². The first-order chi connectivity index (χ1) is 7.29. The summed E-state index contributed by atoms with van der Waals surface area (Å²) < 4.78 is 0. The van der Waals surface area contributed by atoms with Gasteiger partial charge in [0.15, 0.2) is 0 Å². The number of pyridine rings is 1. The molecule has 0 unspecified atom stereocenters. The normalized spacial score (nSPS) is 10.2. The summed E-state index contributed by atoms with van der Waals surface area (Å²) in [5.74, 6) is 0. The van der Waals surface area contributed by atoms with Crippen molar-refractivity contribution in [2.75, 3.05) is 7.05 Å². The van der Waals surface area contributed by atoms with Crippen molar-refractivity contribution in [3.05, 3.63) is 42.1 Å². The van der Waals surface area contributed by atoms with Gasteiger partial charge in [-0.3, -0.25) is 4.98 Å². The highest BCUT2D eigenvalue weighted by atomic mass is 32.1. The Kier molecular flexibility index (Phi) is 2.92. The van der Waals surface area contributed by atoms with Gasteiger partial charge in [0.2, 0.25) is 0 Å². The van der Waals surface area contributed by atoms with E-state index >= 15 is 0 Å². The SMILES string of the molecule is CNC(=S)Cc1ccc2ccccc2n1. The molecule has 1 heterocycles. The topological polar surface area (TPSA) is 24.9 Å². The smallest absolute Gasteiger partial charge is 0.0811 e. The van der Waals surface area contributed by atoms with Crippen LogP contribution in [-0.2, 0) is 6.42 Å². The fourth-order valence-electron chi connectivity index (χ4n) is 1.46. The van der Waals surface area contributed by atoms with Crippen molar-refractivity contribution in [3.63, 3.8) is 0 Å². The van der Waals surface area contributed by atoms with Gasteiger partial charge < -0.3 is 5.32 Å². The molecule has 0 aliphatic rings. The van der Waals surface area contributed by atoms with Crippen LogP contribution in [0.25, 0.3) is 10.9 Å². The Morgan fingerprint density at radius 2 is 2.07 bits per heavy atom. The predicted molar refractivity (Wildman–Crippen MR) is 67.1 cm³/mol. The third kappa shape index (κ3) is 2.30. The maximum Gasteiger partial charge on any atom is 0.0811 e. The number of nitrogens with one attached hydrogen (secondary N) is 1. The predicted octanol–water partition coefficient (Wildman–Crippen LogP) is 2.32. The number of fused-ring (bicyclic) bond motifs is 1. The zero-order valence-corrected chi connectivity index (χ0v) is 9.34. The molecule has 2 aromatic rings. The van der Waals surface area contributed by atoms with Gasteiger partial charge >= 0.3 is 0 Å². The molecule has 0 saturated carbocycles. The lowest BCUT2D eigenvalue weighted by atomic mass is 10.2. The quantitative estimate of drug-likeness (QED) is 0.780. The van der Waals surface area contributed by atoms with Crippen molar-refractivity contribution >= 4 is 28.1 Å². The molecule has 0 saturated heterocycles. The number of aromatic nitrogens is 1. The Balaban J connectivity index is 2.34. The van der Waals surface area contributed by atoms with E-state index in [1.807, 2.05) is 31.3 Å². The maximum atomic E-state index is 5.11. The minimum absolute atomic E-state index is 0.705. The molecule has 0 amide bonds. The highest BCUT2D eigenvalue weighted by molar-refractivity contribution is 7.80. The van der Waals surface area contributed by atoms with Crippen LogP contribution in [0.3, 0.4) is 0 Å². The van der Waals surface area contributed by atoms with Gasteiger partial charge in [0.1, 0.15) is 0 Å². The van der Waals surface area contributed by atoms with Crippen LogP contribution in [-0.4, -0.2) is 17.0 Å². The van der Waals surface area contributed by atoms with Crippen LogP contribution in [0.4, 0.5) is 0 Å². The average Bonchev–Trinajstić information content (AvgIpc) is 2.29. The number of nitrogens with zero attached hydrogens (tertiary/aromatic N) is 1. The largest absolute Gasteiger partial charge is 0.382 e. The van der Waals surface area contributed by atoms with E-state index in [9.17, 15) is 0 Å². The molecule has 0 radical (unpaired) electrons. The third-order valence-electron chi connectivity index (χ3n) is 2.28. The fraction of sp³-hybridized carbons (Fsp3) is 0.167. The van der Waals surface area contributed by atoms with Gasteiger partial charge in [0, 0.05) is 24.5 Å². The van der Waals surface area contributed by atoms with E-state index in [-0.39, 0.29) is 0 Å². The van der Waals surface area contributed by atoms with Crippen LogP contribution in [0.2, 0.25) is 0 Å². The second-order valence-electron chi connectivity index (χ2n) is 3.35. The van der Waals surface area contributed by atoms with Crippen molar-refractivity contribution in [2.24, 2.45) is 0 Å². The molecule has 1 N–H and O–H groups in total. The minimum atomic E-state index is 0.705. The van der Waals surface area contributed by atoms with Crippen molar-refractivity contribution in [2.45, 2.75) is 6.42 Å². The molecule has 76 valence electrons. The van der Waals surface area contributed by atoms with Gasteiger partial charge in [-0.15, -0.1) is 0 Å².